The molecule has 1 aliphatic rings. The van der Waals surface area contributed by atoms with E-state index >= 15 is 0 Å². The zero-order valence-electron chi connectivity index (χ0n) is 12.5. The van der Waals surface area contributed by atoms with Crippen molar-refractivity contribution in [1.29, 1.82) is 0 Å². The van der Waals surface area contributed by atoms with Crippen molar-refractivity contribution in [2.24, 2.45) is 0 Å². The van der Waals surface area contributed by atoms with Crippen molar-refractivity contribution in [1.82, 2.24) is 5.32 Å². The van der Waals surface area contributed by atoms with Gasteiger partial charge in [-0.25, -0.2) is 0 Å². The van der Waals surface area contributed by atoms with Crippen LogP contribution in [0.3, 0.4) is 0 Å². The zero-order valence-corrected chi connectivity index (χ0v) is 12.5. The summed E-state index contributed by atoms with van der Waals surface area (Å²) >= 11 is 0. The Morgan fingerprint density at radius 1 is 1.26 bits per heavy atom. The van der Waals surface area contributed by atoms with Gasteiger partial charge in [-0.05, 0) is 6.07 Å². The first-order valence-corrected chi connectivity index (χ1v) is 7.31. The SMILES string of the molecule is O=C(NCC[NH+]1CCOCC1)C(=O)Nc1cccc([N+](=O)[O-])c1. The second-order valence-corrected chi connectivity index (χ2v) is 5.13. The van der Waals surface area contributed by atoms with Crippen LogP contribution in [0.25, 0.3) is 0 Å². The minimum Gasteiger partial charge on any atom is -0.370 e. The van der Waals surface area contributed by atoms with E-state index in [1.165, 1.54) is 29.2 Å². The number of nitro benzene ring substituents is 1. The molecule has 0 aromatic heterocycles. The molecule has 1 fully saturated rings. The number of anilines is 1. The molecule has 0 spiro atoms. The van der Waals surface area contributed by atoms with E-state index < -0.39 is 16.7 Å². The van der Waals surface area contributed by atoms with Gasteiger partial charge in [0.15, 0.2) is 0 Å². The molecule has 1 aromatic rings. The number of benzene rings is 1. The fourth-order valence-corrected chi connectivity index (χ4v) is 2.23. The van der Waals surface area contributed by atoms with Crippen molar-refractivity contribution < 1.29 is 24.1 Å². The predicted molar refractivity (Wildman–Crippen MR) is 81.1 cm³/mol. The molecule has 1 saturated heterocycles. The quantitative estimate of drug-likeness (QED) is 0.349. The van der Waals surface area contributed by atoms with Gasteiger partial charge in [-0.2, -0.15) is 0 Å². The molecule has 9 heteroatoms. The van der Waals surface area contributed by atoms with Crippen LogP contribution < -0.4 is 15.5 Å². The number of ether oxygens (including phenoxy) is 1. The number of carbonyl (C=O) groups is 2. The van der Waals surface area contributed by atoms with Crippen LogP contribution in [0, 0.1) is 10.1 Å². The first-order chi connectivity index (χ1) is 11.1. The molecular formula is C14H19N4O5+. The number of nitrogens with zero attached hydrogens (tertiary/aromatic N) is 1. The maximum atomic E-state index is 11.8. The highest BCUT2D eigenvalue weighted by molar-refractivity contribution is 6.39. The molecule has 0 saturated carbocycles. The van der Waals surface area contributed by atoms with Crippen LogP contribution in [0.2, 0.25) is 0 Å². The summed E-state index contributed by atoms with van der Waals surface area (Å²) in [5, 5.41) is 15.6. The lowest BCUT2D eigenvalue weighted by Gasteiger charge is -2.23. The number of carbonyl (C=O) groups excluding carboxylic acids is 2. The number of morpholine rings is 1. The molecule has 2 amide bonds. The second kappa shape index (κ2) is 8.20. The van der Waals surface area contributed by atoms with Crippen molar-refractivity contribution in [3.05, 3.63) is 34.4 Å². The fraction of sp³-hybridized carbons (Fsp3) is 0.429. The molecule has 1 aliphatic heterocycles. The summed E-state index contributed by atoms with van der Waals surface area (Å²) < 4.78 is 5.24. The molecule has 1 heterocycles. The lowest BCUT2D eigenvalue weighted by Crippen LogP contribution is -3.14. The second-order valence-electron chi connectivity index (χ2n) is 5.13. The maximum Gasteiger partial charge on any atom is 0.313 e. The number of rotatable bonds is 5. The number of hydrogen-bond acceptors (Lipinski definition) is 5. The van der Waals surface area contributed by atoms with Crippen molar-refractivity contribution in [3.63, 3.8) is 0 Å². The summed E-state index contributed by atoms with van der Waals surface area (Å²) in [4.78, 5) is 34.9. The van der Waals surface area contributed by atoms with E-state index in [1.807, 2.05) is 0 Å². The lowest BCUT2D eigenvalue weighted by atomic mass is 10.3. The summed E-state index contributed by atoms with van der Waals surface area (Å²) in [5.41, 5.74) is 0.0530. The molecule has 0 bridgehead atoms. The van der Waals surface area contributed by atoms with Crippen molar-refractivity contribution in [2.45, 2.75) is 0 Å². The number of non-ortho nitro benzene ring substituents is 1. The fourth-order valence-electron chi connectivity index (χ4n) is 2.23. The number of nitrogens with one attached hydrogen (secondary N) is 3. The van der Waals surface area contributed by atoms with Gasteiger partial charge in [0, 0.05) is 17.8 Å². The molecule has 0 radical (unpaired) electrons. The van der Waals surface area contributed by atoms with Crippen LogP contribution >= 0.6 is 0 Å². The first kappa shape index (κ1) is 16.8. The zero-order chi connectivity index (χ0) is 16.7. The number of hydrogen-bond donors (Lipinski definition) is 3. The van der Waals surface area contributed by atoms with Gasteiger partial charge in [0.2, 0.25) is 0 Å². The average molecular weight is 323 g/mol. The lowest BCUT2D eigenvalue weighted by molar-refractivity contribution is -0.906. The van der Waals surface area contributed by atoms with Crippen LogP contribution in [0.4, 0.5) is 11.4 Å². The number of amides is 2. The highest BCUT2D eigenvalue weighted by atomic mass is 16.6. The van der Waals surface area contributed by atoms with E-state index in [-0.39, 0.29) is 11.4 Å². The van der Waals surface area contributed by atoms with Crippen molar-refractivity contribution in [2.75, 3.05) is 44.7 Å². The van der Waals surface area contributed by atoms with E-state index in [0.717, 1.165) is 19.6 Å². The Morgan fingerprint density at radius 2 is 2.00 bits per heavy atom. The minimum atomic E-state index is -0.845. The molecule has 124 valence electrons. The van der Waals surface area contributed by atoms with E-state index in [0.29, 0.717) is 19.8 Å². The van der Waals surface area contributed by atoms with Gasteiger partial charge in [-0.3, -0.25) is 19.7 Å². The number of quaternary nitrogens is 1. The van der Waals surface area contributed by atoms with Crippen LogP contribution in [-0.2, 0) is 14.3 Å². The van der Waals surface area contributed by atoms with Crippen molar-refractivity contribution >= 4 is 23.2 Å². The van der Waals surface area contributed by atoms with E-state index in [9.17, 15) is 19.7 Å². The Bertz CT molecular complexity index is 586. The minimum absolute atomic E-state index is 0.154. The average Bonchev–Trinajstić information content (AvgIpc) is 2.56. The third-order valence-electron chi connectivity index (χ3n) is 3.49. The molecule has 3 N–H and O–H groups in total. The standard InChI is InChI=1S/C14H18N4O5/c19-13(15-4-5-17-6-8-23-9-7-17)14(20)16-11-2-1-3-12(10-11)18(21)22/h1-3,10H,4-9H2,(H,15,19)(H,16,20)/p+1. The molecule has 0 aliphatic carbocycles. The Kier molecular flexibility index (Phi) is 6.01. The topological polar surface area (TPSA) is 115 Å². The van der Waals surface area contributed by atoms with Crippen LogP contribution in [0.1, 0.15) is 0 Å². The molecule has 1 aromatic carbocycles. The van der Waals surface area contributed by atoms with Gasteiger partial charge < -0.3 is 20.3 Å². The monoisotopic (exact) mass is 323 g/mol. The highest BCUT2D eigenvalue weighted by Crippen LogP contribution is 2.16. The Labute approximate surface area is 132 Å². The molecular weight excluding hydrogens is 304 g/mol. The predicted octanol–water partition coefficient (Wildman–Crippen LogP) is -1.44. The summed E-state index contributed by atoms with van der Waals surface area (Å²) in [6, 6.07) is 5.42. The van der Waals surface area contributed by atoms with Crippen LogP contribution in [-0.4, -0.2) is 56.1 Å². The first-order valence-electron chi connectivity index (χ1n) is 7.31. The van der Waals surface area contributed by atoms with Gasteiger partial charge in [0.05, 0.1) is 31.2 Å². The smallest absolute Gasteiger partial charge is 0.313 e. The Hall–Kier alpha value is -2.52. The van der Waals surface area contributed by atoms with Crippen molar-refractivity contribution in [3.8, 4) is 0 Å². The van der Waals surface area contributed by atoms with Crippen LogP contribution in [0.15, 0.2) is 24.3 Å². The van der Waals surface area contributed by atoms with Crippen LogP contribution in [0.5, 0.6) is 0 Å². The van der Waals surface area contributed by atoms with Gasteiger partial charge in [0.25, 0.3) is 5.69 Å². The third-order valence-corrected chi connectivity index (χ3v) is 3.49. The normalized spacial score (nSPS) is 15.0. The maximum absolute atomic E-state index is 11.8. The van der Waals surface area contributed by atoms with E-state index in [2.05, 4.69) is 10.6 Å². The molecule has 9 nitrogen and oxygen atoms in total. The Morgan fingerprint density at radius 3 is 2.70 bits per heavy atom. The summed E-state index contributed by atoms with van der Waals surface area (Å²) in [6.45, 7) is 4.29. The molecule has 0 unspecified atom stereocenters. The third kappa shape index (κ3) is 5.31. The summed E-state index contributed by atoms with van der Waals surface area (Å²) in [5.74, 6) is -1.60. The van der Waals surface area contributed by atoms with E-state index in [4.69, 9.17) is 4.74 Å². The van der Waals surface area contributed by atoms with Gasteiger partial charge in [-0.15, -0.1) is 0 Å². The van der Waals surface area contributed by atoms with E-state index in [1.54, 1.807) is 0 Å². The summed E-state index contributed by atoms with van der Waals surface area (Å²) in [7, 11) is 0. The summed E-state index contributed by atoms with van der Waals surface area (Å²) in [6.07, 6.45) is 0. The number of nitro groups is 1. The van der Waals surface area contributed by atoms with Gasteiger partial charge in [0.1, 0.15) is 13.1 Å². The van der Waals surface area contributed by atoms with Gasteiger partial charge >= 0.3 is 11.8 Å². The Balaban J connectivity index is 1.77. The highest BCUT2D eigenvalue weighted by Gasteiger charge is 2.17. The molecule has 0 atom stereocenters. The molecule has 23 heavy (non-hydrogen) atoms. The largest absolute Gasteiger partial charge is 0.370 e. The van der Waals surface area contributed by atoms with Gasteiger partial charge in [-0.1, -0.05) is 6.07 Å². The molecule has 2 rings (SSSR count).